The number of alkyl halides is 3. The number of nitrogens with one attached hydrogen (secondary N) is 1. The third-order valence-electron chi connectivity index (χ3n) is 6.85. The summed E-state index contributed by atoms with van der Waals surface area (Å²) in [5.74, 6) is -1.14. The van der Waals surface area contributed by atoms with Gasteiger partial charge in [0, 0.05) is 30.3 Å². The van der Waals surface area contributed by atoms with E-state index in [0.717, 1.165) is 18.2 Å². The molecule has 1 aliphatic heterocycles. The molecule has 0 spiro atoms. The first-order valence-corrected chi connectivity index (χ1v) is 12.5. The number of aromatic nitrogens is 1. The number of carbonyl (C=O) groups is 1. The number of rotatable bonds is 9. The van der Waals surface area contributed by atoms with Crippen LogP contribution < -0.4 is 25.4 Å². The molecule has 0 bridgehead atoms. The van der Waals surface area contributed by atoms with E-state index in [9.17, 15) is 27.5 Å². The molecule has 1 amide bonds. The highest BCUT2D eigenvalue weighted by Crippen LogP contribution is 2.46. The molecule has 2 aromatic carbocycles. The van der Waals surface area contributed by atoms with Gasteiger partial charge < -0.3 is 35.6 Å². The Labute approximate surface area is 233 Å². The van der Waals surface area contributed by atoms with E-state index >= 15 is 0 Å². The molecule has 220 valence electrons. The number of fused-ring (bicyclic) bond motifs is 1. The van der Waals surface area contributed by atoms with E-state index in [1.54, 1.807) is 18.9 Å². The number of pyridine rings is 1. The number of hydrogen-bond acceptors (Lipinski definition) is 8. The Bertz CT molecular complexity index is 1430. The molecule has 0 aliphatic carbocycles. The summed E-state index contributed by atoms with van der Waals surface area (Å²) in [7, 11) is 3.02. The van der Waals surface area contributed by atoms with Gasteiger partial charge in [0.15, 0.2) is 11.5 Å². The van der Waals surface area contributed by atoms with Gasteiger partial charge in [0.1, 0.15) is 12.4 Å². The van der Waals surface area contributed by atoms with Crippen molar-refractivity contribution in [1.29, 1.82) is 0 Å². The number of carbonyl (C=O) groups excluding carboxylic acids is 1. The van der Waals surface area contributed by atoms with Crippen LogP contribution in [0.5, 0.6) is 11.5 Å². The van der Waals surface area contributed by atoms with Crippen LogP contribution in [0.25, 0.3) is 11.3 Å². The normalized spacial score (nSPS) is 18.0. The van der Waals surface area contributed by atoms with Crippen molar-refractivity contribution >= 4 is 11.6 Å². The lowest BCUT2D eigenvalue weighted by Crippen LogP contribution is -2.51. The van der Waals surface area contributed by atoms with Crippen molar-refractivity contribution in [2.24, 2.45) is 5.73 Å². The topological polar surface area (TPSA) is 130 Å². The molecule has 1 aromatic heterocycles. The smallest absolute Gasteiger partial charge is 0.424 e. The van der Waals surface area contributed by atoms with Gasteiger partial charge in [-0.15, -0.1) is 0 Å². The van der Waals surface area contributed by atoms with E-state index in [0.29, 0.717) is 16.8 Å². The minimum Gasteiger partial charge on any atom is -0.493 e. The van der Waals surface area contributed by atoms with E-state index in [1.807, 2.05) is 0 Å². The molecule has 2 atom stereocenters. The van der Waals surface area contributed by atoms with Gasteiger partial charge in [-0.25, -0.2) is 9.37 Å². The molecule has 0 saturated carbocycles. The summed E-state index contributed by atoms with van der Waals surface area (Å²) in [6.45, 7) is 0.324. The van der Waals surface area contributed by atoms with Gasteiger partial charge in [-0.2, -0.15) is 13.2 Å². The maximum absolute atomic E-state index is 14.6. The number of nitrogens with zero attached hydrogens (tertiary/aromatic N) is 2. The Hall–Kier alpha value is -3.94. The number of methoxy groups -OCH3 is 1. The maximum atomic E-state index is 14.6. The van der Waals surface area contributed by atoms with E-state index in [1.165, 1.54) is 37.4 Å². The van der Waals surface area contributed by atoms with Gasteiger partial charge in [-0.1, -0.05) is 0 Å². The van der Waals surface area contributed by atoms with Crippen LogP contribution in [0.15, 0.2) is 48.5 Å². The van der Waals surface area contributed by atoms with Crippen molar-refractivity contribution in [1.82, 2.24) is 10.3 Å². The average molecular weight is 579 g/mol. The van der Waals surface area contributed by atoms with E-state index in [2.05, 4.69) is 10.3 Å². The first-order valence-electron chi connectivity index (χ1n) is 12.5. The number of halogens is 4. The Morgan fingerprint density at radius 3 is 2.46 bits per heavy atom. The zero-order chi connectivity index (χ0) is 30.2. The minimum absolute atomic E-state index is 0.0359. The second kappa shape index (κ2) is 11.1. The molecule has 1 unspecified atom stereocenters. The molecule has 0 radical (unpaired) electrons. The third kappa shape index (κ3) is 5.78. The molecule has 5 N–H and O–H groups in total. The minimum atomic E-state index is -5.27. The van der Waals surface area contributed by atoms with E-state index in [4.69, 9.17) is 20.3 Å². The number of aliphatic hydroxyl groups is 2. The van der Waals surface area contributed by atoms with Crippen LogP contribution in [0.1, 0.15) is 28.5 Å². The van der Waals surface area contributed by atoms with Crippen molar-refractivity contribution in [3.8, 4) is 22.8 Å². The van der Waals surface area contributed by atoms with Gasteiger partial charge >= 0.3 is 6.18 Å². The fourth-order valence-corrected chi connectivity index (χ4v) is 4.77. The van der Waals surface area contributed by atoms with Crippen LogP contribution in [-0.4, -0.2) is 67.7 Å². The number of ether oxygens (including phenoxy) is 2. The van der Waals surface area contributed by atoms with Gasteiger partial charge in [0.2, 0.25) is 5.60 Å². The van der Waals surface area contributed by atoms with Crippen molar-refractivity contribution < 1.29 is 42.0 Å². The van der Waals surface area contributed by atoms with Crippen molar-refractivity contribution in [2.45, 2.75) is 24.2 Å². The number of benzene rings is 2. The van der Waals surface area contributed by atoms with Crippen LogP contribution in [0.3, 0.4) is 0 Å². The number of aliphatic hydroxyl groups excluding tert-OH is 1. The third-order valence-corrected chi connectivity index (χ3v) is 6.85. The van der Waals surface area contributed by atoms with E-state index in [-0.39, 0.29) is 42.5 Å². The van der Waals surface area contributed by atoms with E-state index < -0.39 is 41.3 Å². The lowest BCUT2D eigenvalue weighted by Gasteiger charge is -2.32. The molecule has 41 heavy (non-hydrogen) atoms. The predicted octanol–water partition coefficient (Wildman–Crippen LogP) is 3.07. The quantitative estimate of drug-likeness (QED) is 0.285. The summed E-state index contributed by atoms with van der Waals surface area (Å²) in [6.07, 6.45) is -5.27. The number of nitrogens with two attached hydrogens (primary N) is 1. The highest BCUT2D eigenvalue weighted by molar-refractivity contribution is 5.95. The summed E-state index contributed by atoms with van der Waals surface area (Å²) in [5.41, 5.74) is 2.05. The molecule has 4 rings (SSSR count). The van der Waals surface area contributed by atoms with Gasteiger partial charge in [0.05, 0.1) is 42.9 Å². The summed E-state index contributed by atoms with van der Waals surface area (Å²) in [5, 5.41) is 22.3. The number of hydrogen-bond donors (Lipinski definition) is 4. The first-order chi connectivity index (χ1) is 19.2. The number of anilines is 1. The first kappa shape index (κ1) is 30.0. The molecular weight excluding hydrogens is 548 g/mol. The van der Waals surface area contributed by atoms with Gasteiger partial charge in [-0.05, 0) is 55.5 Å². The summed E-state index contributed by atoms with van der Waals surface area (Å²) in [4.78, 5) is 18.8. The predicted molar refractivity (Wildman–Crippen MR) is 142 cm³/mol. The van der Waals surface area contributed by atoms with Crippen LogP contribution in [-0.2, 0) is 11.1 Å². The lowest BCUT2D eigenvalue weighted by atomic mass is 9.89. The second-order valence-electron chi connectivity index (χ2n) is 10.0. The molecule has 13 heteroatoms. The van der Waals surface area contributed by atoms with Crippen molar-refractivity contribution in [3.05, 3.63) is 71.2 Å². The lowest BCUT2D eigenvalue weighted by molar-refractivity contribution is -0.265. The molecule has 0 saturated heterocycles. The number of amides is 1. The Balaban J connectivity index is 1.74. The SMILES string of the molecule is COc1cc(C(=O)NCC(O)(c2cc3c(c(-c4ccc(F)cc4)n2)N(C)C[C@@]3(C)N)C(F)(F)F)ccc1OCCO. The zero-order valence-corrected chi connectivity index (χ0v) is 22.6. The fraction of sp³-hybridized carbons (Fsp3) is 0.357. The van der Waals surface area contributed by atoms with Crippen molar-refractivity contribution in [2.75, 3.05) is 45.4 Å². The summed E-state index contributed by atoms with van der Waals surface area (Å²) >= 11 is 0. The average Bonchev–Trinajstić information content (AvgIpc) is 3.17. The Morgan fingerprint density at radius 1 is 1.17 bits per heavy atom. The maximum Gasteiger partial charge on any atom is 0.424 e. The van der Waals surface area contributed by atoms with Crippen LogP contribution in [0.4, 0.5) is 23.2 Å². The van der Waals surface area contributed by atoms with Crippen LogP contribution in [0.2, 0.25) is 0 Å². The fourth-order valence-electron chi connectivity index (χ4n) is 4.77. The Kier molecular flexibility index (Phi) is 8.16. The summed E-state index contributed by atoms with van der Waals surface area (Å²) < 4.78 is 67.8. The largest absolute Gasteiger partial charge is 0.493 e. The highest BCUT2D eigenvalue weighted by Gasteiger charge is 2.57. The molecule has 1 aliphatic rings. The monoisotopic (exact) mass is 578 g/mol. The molecule has 2 heterocycles. The van der Waals surface area contributed by atoms with Gasteiger partial charge in [-0.3, -0.25) is 4.79 Å². The number of likely N-dealkylation sites (N-methyl/N-ethyl adjacent to an activating group) is 1. The standard InChI is InChI=1S/C28H30F4N4O5/c1-26(33)15-36(2)24-19(26)13-22(35-23(24)16-4-7-18(29)8-5-16)27(39,28(30,31)32)14-34-25(38)17-6-9-20(41-11-10-37)21(12-17)40-3/h4-9,12-13,37,39H,10-11,14-15,33H2,1-3H3,(H,34,38)/t26-,27?/m1/s1. The Morgan fingerprint density at radius 2 is 1.85 bits per heavy atom. The molecular formula is C28H30F4N4O5. The zero-order valence-electron chi connectivity index (χ0n) is 22.6. The van der Waals surface area contributed by atoms with Gasteiger partial charge in [0.25, 0.3) is 5.91 Å². The van der Waals surface area contributed by atoms with Crippen molar-refractivity contribution in [3.63, 3.8) is 0 Å². The summed E-state index contributed by atoms with van der Waals surface area (Å²) in [6, 6.07) is 10.1. The second-order valence-corrected chi connectivity index (χ2v) is 10.0. The highest BCUT2D eigenvalue weighted by atomic mass is 19.4. The molecule has 3 aromatic rings. The molecule has 0 fully saturated rings. The van der Waals surface area contributed by atoms with Crippen LogP contribution in [0, 0.1) is 5.82 Å². The molecule has 9 nitrogen and oxygen atoms in total. The van der Waals surface area contributed by atoms with Crippen LogP contribution >= 0.6 is 0 Å².